The van der Waals surface area contributed by atoms with Gasteiger partial charge in [0.2, 0.25) is 10.0 Å². The SMILES string of the molecule is CN1CCN(S(=O)(=O)c2ccc(NCCc3ccccn3)nc2)CC1. The minimum atomic E-state index is -3.46. The number of sulfonamides is 1. The molecule has 1 fully saturated rings. The Morgan fingerprint density at radius 2 is 1.88 bits per heavy atom. The predicted octanol–water partition coefficient (Wildman–Crippen LogP) is 1.07. The molecule has 1 N–H and O–H groups in total. The Bertz CT molecular complexity index is 772. The maximum atomic E-state index is 12.6. The van der Waals surface area contributed by atoms with Crippen molar-refractivity contribution in [1.29, 1.82) is 0 Å². The predicted molar refractivity (Wildman–Crippen MR) is 96.9 cm³/mol. The second-order valence-electron chi connectivity index (χ2n) is 6.08. The lowest BCUT2D eigenvalue weighted by atomic mass is 10.3. The molecule has 0 aromatic carbocycles. The number of nitrogens with one attached hydrogen (secondary N) is 1. The first kappa shape index (κ1) is 17.8. The maximum absolute atomic E-state index is 12.6. The molecule has 3 heterocycles. The lowest BCUT2D eigenvalue weighted by Crippen LogP contribution is -2.47. The first-order chi connectivity index (χ1) is 12.1. The summed E-state index contributed by atoms with van der Waals surface area (Å²) in [6.07, 6.45) is 3.98. The molecule has 7 nitrogen and oxygen atoms in total. The highest BCUT2D eigenvalue weighted by molar-refractivity contribution is 7.89. The van der Waals surface area contributed by atoms with E-state index in [1.165, 1.54) is 10.5 Å². The molecule has 134 valence electrons. The van der Waals surface area contributed by atoms with Crippen LogP contribution in [-0.4, -0.2) is 67.4 Å². The zero-order chi connectivity index (χ0) is 17.7. The molecule has 25 heavy (non-hydrogen) atoms. The van der Waals surface area contributed by atoms with Crippen molar-refractivity contribution in [3.8, 4) is 0 Å². The van der Waals surface area contributed by atoms with Gasteiger partial charge in [-0.2, -0.15) is 4.31 Å². The molecule has 0 atom stereocenters. The van der Waals surface area contributed by atoms with E-state index in [0.29, 0.717) is 25.5 Å². The quantitative estimate of drug-likeness (QED) is 0.829. The molecular weight excluding hydrogens is 338 g/mol. The first-order valence-corrected chi connectivity index (χ1v) is 9.78. The fourth-order valence-electron chi connectivity index (χ4n) is 2.68. The van der Waals surface area contributed by atoms with Crippen LogP contribution in [0.2, 0.25) is 0 Å². The fourth-order valence-corrected chi connectivity index (χ4v) is 4.05. The van der Waals surface area contributed by atoms with Gasteiger partial charge in [0.25, 0.3) is 0 Å². The van der Waals surface area contributed by atoms with E-state index in [9.17, 15) is 8.42 Å². The summed E-state index contributed by atoms with van der Waals surface area (Å²) in [5.41, 5.74) is 1.00. The summed E-state index contributed by atoms with van der Waals surface area (Å²) >= 11 is 0. The molecule has 2 aromatic rings. The number of piperazine rings is 1. The number of pyridine rings is 2. The van der Waals surface area contributed by atoms with Crippen LogP contribution >= 0.6 is 0 Å². The Hall–Kier alpha value is -2.03. The van der Waals surface area contributed by atoms with Crippen molar-refractivity contribution in [1.82, 2.24) is 19.2 Å². The molecule has 0 aliphatic carbocycles. The second kappa shape index (κ2) is 7.90. The molecule has 3 rings (SSSR count). The van der Waals surface area contributed by atoms with Crippen LogP contribution in [0.4, 0.5) is 5.82 Å². The molecule has 0 spiro atoms. The number of nitrogens with zero attached hydrogens (tertiary/aromatic N) is 4. The van der Waals surface area contributed by atoms with Crippen LogP contribution in [0.1, 0.15) is 5.69 Å². The third kappa shape index (κ3) is 4.53. The van der Waals surface area contributed by atoms with Gasteiger partial charge in [-0.1, -0.05) is 6.07 Å². The van der Waals surface area contributed by atoms with Crippen LogP contribution in [0.3, 0.4) is 0 Å². The average molecular weight is 361 g/mol. The zero-order valence-corrected chi connectivity index (χ0v) is 15.1. The average Bonchev–Trinajstić information content (AvgIpc) is 2.63. The molecule has 8 heteroatoms. The number of hydrogen-bond acceptors (Lipinski definition) is 6. The number of hydrogen-bond donors (Lipinski definition) is 1. The Morgan fingerprint density at radius 1 is 1.08 bits per heavy atom. The van der Waals surface area contributed by atoms with E-state index in [0.717, 1.165) is 25.2 Å². The molecule has 1 aliphatic rings. The van der Waals surface area contributed by atoms with Crippen molar-refractivity contribution in [2.45, 2.75) is 11.3 Å². The van der Waals surface area contributed by atoms with Gasteiger partial charge in [0.15, 0.2) is 0 Å². The first-order valence-electron chi connectivity index (χ1n) is 8.34. The maximum Gasteiger partial charge on any atom is 0.244 e. The molecule has 1 aliphatic heterocycles. The Labute approximate surface area is 148 Å². The Morgan fingerprint density at radius 3 is 2.52 bits per heavy atom. The van der Waals surface area contributed by atoms with Crippen LogP contribution in [0, 0.1) is 0 Å². The highest BCUT2D eigenvalue weighted by atomic mass is 32.2. The van der Waals surface area contributed by atoms with Gasteiger partial charge in [0, 0.05) is 57.2 Å². The highest BCUT2D eigenvalue weighted by Gasteiger charge is 2.27. The Kier molecular flexibility index (Phi) is 5.62. The number of rotatable bonds is 6. The molecule has 0 saturated carbocycles. The standard InChI is InChI=1S/C17H23N5O2S/c1-21-10-12-22(13-11-21)25(23,24)16-5-6-17(20-14-16)19-9-7-15-4-2-3-8-18-15/h2-6,8,14H,7,9-13H2,1H3,(H,19,20). The van der Waals surface area contributed by atoms with Gasteiger partial charge in [-0.3, -0.25) is 4.98 Å². The van der Waals surface area contributed by atoms with E-state index in [4.69, 9.17) is 0 Å². The summed E-state index contributed by atoms with van der Waals surface area (Å²) in [5.74, 6) is 0.660. The van der Waals surface area contributed by atoms with Crippen LogP contribution < -0.4 is 5.32 Å². The summed E-state index contributed by atoms with van der Waals surface area (Å²) < 4.78 is 26.8. The number of anilines is 1. The number of aromatic nitrogens is 2. The van der Waals surface area contributed by atoms with Crippen molar-refractivity contribution in [3.05, 3.63) is 48.4 Å². The third-order valence-corrected chi connectivity index (χ3v) is 6.13. The molecule has 0 radical (unpaired) electrons. The van der Waals surface area contributed by atoms with Gasteiger partial charge in [-0.05, 0) is 31.3 Å². The van der Waals surface area contributed by atoms with Gasteiger partial charge < -0.3 is 10.2 Å². The van der Waals surface area contributed by atoms with E-state index in [1.54, 1.807) is 18.3 Å². The van der Waals surface area contributed by atoms with Crippen molar-refractivity contribution in [2.24, 2.45) is 0 Å². The Balaban J connectivity index is 1.58. The van der Waals surface area contributed by atoms with Crippen LogP contribution in [0.5, 0.6) is 0 Å². The topological polar surface area (TPSA) is 78.4 Å². The fraction of sp³-hybridized carbons (Fsp3) is 0.412. The minimum Gasteiger partial charge on any atom is -0.370 e. The van der Waals surface area contributed by atoms with Crippen molar-refractivity contribution in [2.75, 3.05) is 45.1 Å². The molecule has 1 saturated heterocycles. The summed E-state index contributed by atoms with van der Waals surface area (Å²) in [5, 5.41) is 3.19. The molecule has 0 amide bonds. The van der Waals surface area contributed by atoms with Gasteiger partial charge in [0.05, 0.1) is 0 Å². The van der Waals surface area contributed by atoms with Gasteiger partial charge in [0.1, 0.15) is 10.7 Å². The van der Waals surface area contributed by atoms with E-state index in [1.807, 2.05) is 25.2 Å². The summed E-state index contributed by atoms with van der Waals surface area (Å²) in [6.45, 7) is 3.22. The zero-order valence-electron chi connectivity index (χ0n) is 14.3. The molecule has 0 bridgehead atoms. The molecular formula is C17H23N5O2S. The smallest absolute Gasteiger partial charge is 0.244 e. The van der Waals surface area contributed by atoms with E-state index >= 15 is 0 Å². The minimum absolute atomic E-state index is 0.243. The molecule has 2 aromatic heterocycles. The monoisotopic (exact) mass is 361 g/mol. The van der Waals surface area contributed by atoms with E-state index in [2.05, 4.69) is 20.2 Å². The summed E-state index contributed by atoms with van der Waals surface area (Å²) in [4.78, 5) is 10.9. The van der Waals surface area contributed by atoms with Crippen LogP contribution in [0.15, 0.2) is 47.6 Å². The van der Waals surface area contributed by atoms with Gasteiger partial charge in [-0.15, -0.1) is 0 Å². The van der Waals surface area contributed by atoms with E-state index < -0.39 is 10.0 Å². The van der Waals surface area contributed by atoms with Gasteiger partial charge >= 0.3 is 0 Å². The number of likely N-dealkylation sites (N-methyl/N-ethyl adjacent to an activating group) is 1. The van der Waals surface area contributed by atoms with Crippen LogP contribution in [-0.2, 0) is 16.4 Å². The summed E-state index contributed by atoms with van der Waals surface area (Å²) in [7, 11) is -1.46. The lowest BCUT2D eigenvalue weighted by molar-refractivity contribution is 0.222. The second-order valence-corrected chi connectivity index (χ2v) is 8.02. The largest absolute Gasteiger partial charge is 0.370 e. The van der Waals surface area contributed by atoms with Crippen molar-refractivity contribution < 1.29 is 8.42 Å². The molecule has 0 unspecified atom stereocenters. The summed E-state index contributed by atoms with van der Waals surface area (Å²) in [6, 6.07) is 9.14. The van der Waals surface area contributed by atoms with Crippen LogP contribution in [0.25, 0.3) is 0 Å². The van der Waals surface area contributed by atoms with E-state index in [-0.39, 0.29) is 4.90 Å². The van der Waals surface area contributed by atoms with Gasteiger partial charge in [-0.25, -0.2) is 13.4 Å². The highest BCUT2D eigenvalue weighted by Crippen LogP contribution is 2.17. The third-order valence-electron chi connectivity index (χ3n) is 4.25. The lowest BCUT2D eigenvalue weighted by Gasteiger charge is -2.31. The van der Waals surface area contributed by atoms with Crippen molar-refractivity contribution >= 4 is 15.8 Å². The van der Waals surface area contributed by atoms with Crippen molar-refractivity contribution in [3.63, 3.8) is 0 Å². The normalized spacial score (nSPS) is 16.7.